The number of hydrogen-bond acceptors (Lipinski definition) is 3. The summed E-state index contributed by atoms with van der Waals surface area (Å²) in [5.41, 5.74) is 0.0717. The minimum absolute atomic E-state index is 0.0688. The summed E-state index contributed by atoms with van der Waals surface area (Å²) >= 11 is 0. The maximum atomic E-state index is 13.8. The minimum atomic E-state index is -0.757. The third-order valence-corrected chi connectivity index (χ3v) is 5.24. The van der Waals surface area contributed by atoms with Gasteiger partial charge >= 0.3 is 0 Å². The predicted molar refractivity (Wildman–Crippen MR) is 101 cm³/mol. The molecule has 1 saturated carbocycles. The number of carbonyl (C=O) groups is 2. The van der Waals surface area contributed by atoms with Gasteiger partial charge in [0.15, 0.2) is 0 Å². The first-order valence-corrected chi connectivity index (χ1v) is 9.21. The van der Waals surface area contributed by atoms with Crippen molar-refractivity contribution in [1.29, 1.82) is 0 Å². The van der Waals surface area contributed by atoms with E-state index in [2.05, 4.69) is 10.3 Å². The van der Waals surface area contributed by atoms with Crippen LogP contribution in [0.4, 0.5) is 14.5 Å². The summed E-state index contributed by atoms with van der Waals surface area (Å²) in [5, 5.41) is 2.52. The van der Waals surface area contributed by atoms with Crippen LogP contribution in [0.1, 0.15) is 31.2 Å². The smallest absolute Gasteiger partial charge is 0.275 e. The molecule has 1 heterocycles. The van der Waals surface area contributed by atoms with E-state index in [0.29, 0.717) is 18.4 Å². The van der Waals surface area contributed by atoms with Crippen LogP contribution in [0.3, 0.4) is 0 Å². The number of amides is 2. The Morgan fingerprint density at radius 2 is 1.75 bits per heavy atom. The van der Waals surface area contributed by atoms with Crippen LogP contribution in [-0.2, 0) is 9.59 Å². The molecule has 1 aliphatic carbocycles. The summed E-state index contributed by atoms with van der Waals surface area (Å²) in [4.78, 5) is 31.7. The average molecular weight is 383 g/mol. The Bertz CT molecular complexity index is 950. The summed E-state index contributed by atoms with van der Waals surface area (Å²) in [6.07, 6.45) is 3.13. The van der Waals surface area contributed by atoms with Gasteiger partial charge in [0, 0.05) is 5.56 Å². The summed E-state index contributed by atoms with van der Waals surface area (Å²) in [7, 11) is 0. The number of rotatable bonds is 4. The van der Waals surface area contributed by atoms with E-state index in [4.69, 9.17) is 0 Å². The zero-order valence-electron chi connectivity index (χ0n) is 15.1. The van der Waals surface area contributed by atoms with Crippen LogP contribution in [0.5, 0.6) is 0 Å². The predicted octanol–water partition coefficient (Wildman–Crippen LogP) is 3.51. The van der Waals surface area contributed by atoms with Crippen molar-refractivity contribution in [3.05, 3.63) is 65.7 Å². The SMILES string of the molecule is O=C(CN1C(=O)C(c2ccc(F)cc2)=NC12CCCC2)Nc1ccccc1F. The van der Waals surface area contributed by atoms with Crippen LogP contribution >= 0.6 is 0 Å². The molecule has 28 heavy (non-hydrogen) atoms. The highest BCUT2D eigenvalue weighted by atomic mass is 19.1. The monoisotopic (exact) mass is 383 g/mol. The Balaban J connectivity index is 1.58. The van der Waals surface area contributed by atoms with E-state index in [0.717, 1.165) is 12.8 Å². The second-order valence-corrected chi connectivity index (χ2v) is 7.08. The van der Waals surface area contributed by atoms with Gasteiger partial charge in [0.05, 0.1) is 5.69 Å². The lowest BCUT2D eigenvalue weighted by Gasteiger charge is -2.32. The molecule has 144 valence electrons. The van der Waals surface area contributed by atoms with E-state index in [1.54, 1.807) is 6.07 Å². The Kier molecular flexibility index (Phi) is 4.66. The summed E-state index contributed by atoms with van der Waals surface area (Å²) in [6.45, 7) is -0.221. The van der Waals surface area contributed by atoms with Crippen LogP contribution in [0.15, 0.2) is 53.5 Å². The molecule has 1 spiro atoms. The van der Waals surface area contributed by atoms with E-state index < -0.39 is 23.2 Å². The standard InChI is InChI=1S/C21H19F2N3O2/c22-15-9-7-14(8-10-15)19-20(28)26(21(25-19)11-3-4-12-21)13-18(27)24-17-6-2-1-5-16(17)23/h1-2,5-10H,3-4,11-13H2,(H,24,27). The van der Waals surface area contributed by atoms with Crippen LogP contribution in [-0.4, -0.2) is 34.6 Å². The fourth-order valence-electron chi connectivity index (χ4n) is 3.87. The van der Waals surface area contributed by atoms with Gasteiger partial charge < -0.3 is 10.2 Å². The average Bonchev–Trinajstić information content (AvgIpc) is 3.25. The second-order valence-electron chi connectivity index (χ2n) is 7.08. The zero-order valence-corrected chi connectivity index (χ0v) is 15.1. The van der Waals surface area contributed by atoms with Gasteiger partial charge in [0.2, 0.25) is 5.91 Å². The first-order valence-electron chi connectivity index (χ1n) is 9.21. The third-order valence-electron chi connectivity index (χ3n) is 5.24. The van der Waals surface area contributed by atoms with Crippen molar-refractivity contribution >= 4 is 23.2 Å². The molecule has 7 heteroatoms. The summed E-state index contributed by atoms with van der Waals surface area (Å²) in [6, 6.07) is 11.4. The lowest BCUT2D eigenvalue weighted by molar-refractivity contribution is -0.132. The number of anilines is 1. The number of para-hydroxylation sites is 1. The number of carbonyl (C=O) groups excluding carboxylic acids is 2. The van der Waals surface area contributed by atoms with Gasteiger partial charge in [-0.05, 0) is 62.1 Å². The van der Waals surface area contributed by atoms with Crippen molar-refractivity contribution < 1.29 is 18.4 Å². The number of hydrogen-bond donors (Lipinski definition) is 1. The molecule has 2 aromatic rings. The lowest BCUT2D eigenvalue weighted by Crippen LogP contribution is -2.48. The number of halogens is 2. The molecule has 4 rings (SSSR count). The molecule has 0 saturated heterocycles. The van der Waals surface area contributed by atoms with Crippen molar-refractivity contribution in [2.24, 2.45) is 4.99 Å². The maximum Gasteiger partial charge on any atom is 0.275 e. The zero-order chi connectivity index (χ0) is 19.7. The molecule has 1 aliphatic heterocycles. The quantitative estimate of drug-likeness (QED) is 0.878. The topological polar surface area (TPSA) is 61.8 Å². The maximum absolute atomic E-state index is 13.8. The first-order chi connectivity index (χ1) is 13.5. The van der Waals surface area contributed by atoms with Crippen molar-refractivity contribution in [3.63, 3.8) is 0 Å². The molecular formula is C21H19F2N3O2. The van der Waals surface area contributed by atoms with Gasteiger partial charge in [-0.2, -0.15) is 0 Å². The number of nitrogens with one attached hydrogen (secondary N) is 1. The molecule has 0 bridgehead atoms. The molecular weight excluding hydrogens is 364 g/mol. The molecule has 2 amide bonds. The van der Waals surface area contributed by atoms with Gasteiger partial charge in [-0.15, -0.1) is 0 Å². The Morgan fingerprint density at radius 1 is 1.07 bits per heavy atom. The molecule has 1 fully saturated rings. The minimum Gasteiger partial charge on any atom is -0.322 e. The number of aliphatic imine (C=N–C) groups is 1. The number of benzene rings is 2. The highest BCUT2D eigenvalue weighted by Gasteiger charge is 2.49. The van der Waals surface area contributed by atoms with Crippen molar-refractivity contribution in [1.82, 2.24) is 4.90 Å². The van der Waals surface area contributed by atoms with Crippen molar-refractivity contribution in [2.45, 2.75) is 31.3 Å². The molecule has 0 aromatic heterocycles. The molecule has 0 unspecified atom stereocenters. The molecule has 1 N–H and O–H groups in total. The Labute approximate surface area is 161 Å². The van der Waals surface area contributed by atoms with Gasteiger partial charge in [0.1, 0.15) is 29.6 Å². The van der Waals surface area contributed by atoms with E-state index in [1.807, 2.05) is 0 Å². The Hall–Kier alpha value is -3.09. The van der Waals surface area contributed by atoms with Gasteiger partial charge in [-0.25, -0.2) is 8.78 Å². The van der Waals surface area contributed by atoms with E-state index in [9.17, 15) is 18.4 Å². The molecule has 0 radical (unpaired) electrons. The highest BCUT2D eigenvalue weighted by molar-refractivity contribution is 6.47. The summed E-state index contributed by atoms with van der Waals surface area (Å²) < 4.78 is 27.0. The molecule has 2 aromatic carbocycles. The highest BCUT2D eigenvalue weighted by Crippen LogP contribution is 2.41. The lowest BCUT2D eigenvalue weighted by atomic mass is 10.1. The van der Waals surface area contributed by atoms with Gasteiger partial charge in [-0.1, -0.05) is 12.1 Å². The summed E-state index contributed by atoms with van der Waals surface area (Å²) in [5.74, 6) is -1.79. The third kappa shape index (κ3) is 3.28. The fraction of sp³-hybridized carbons (Fsp3) is 0.286. The van der Waals surface area contributed by atoms with E-state index in [1.165, 1.54) is 47.4 Å². The van der Waals surface area contributed by atoms with Crippen LogP contribution < -0.4 is 5.32 Å². The van der Waals surface area contributed by atoms with Crippen LogP contribution in [0.25, 0.3) is 0 Å². The van der Waals surface area contributed by atoms with E-state index >= 15 is 0 Å². The van der Waals surface area contributed by atoms with Crippen LogP contribution in [0.2, 0.25) is 0 Å². The largest absolute Gasteiger partial charge is 0.322 e. The van der Waals surface area contributed by atoms with Gasteiger partial charge in [-0.3, -0.25) is 14.6 Å². The van der Waals surface area contributed by atoms with E-state index in [-0.39, 0.29) is 23.9 Å². The van der Waals surface area contributed by atoms with Gasteiger partial charge in [0.25, 0.3) is 5.91 Å². The number of nitrogens with zero attached hydrogens (tertiary/aromatic N) is 2. The van der Waals surface area contributed by atoms with Crippen molar-refractivity contribution in [2.75, 3.05) is 11.9 Å². The normalized spacial score (nSPS) is 17.9. The Morgan fingerprint density at radius 3 is 2.43 bits per heavy atom. The van der Waals surface area contributed by atoms with Crippen LogP contribution in [0, 0.1) is 11.6 Å². The molecule has 0 atom stereocenters. The fourth-order valence-corrected chi connectivity index (χ4v) is 3.87. The van der Waals surface area contributed by atoms with Crippen molar-refractivity contribution in [3.8, 4) is 0 Å². The molecule has 2 aliphatic rings. The first kappa shape index (κ1) is 18.3. The second kappa shape index (κ2) is 7.14. The molecule has 5 nitrogen and oxygen atoms in total.